The molecule has 0 amide bonds. The van der Waals surface area contributed by atoms with E-state index in [1.807, 2.05) is 0 Å². The number of carboxylic acids is 1. The van der Waals surface area contributed by atoms with Crippen molar-refractivity contribution < 1.29 is 28.5 Å². The van der Waals surface area contributed by atoms with Gasteiger partial charge in [-0.1, -0.05) is 23.7 Å². The minimum absolute atomic E-state index is 0.114. The molecule has 1 aromatic carbocycles. The molecule has 1 heterocycles. The van der Waals surface area contributed by atoms with Crippen molar-refractivity contribution in [3.8, 4) is 0 Å². The van der Waals surface area contributed by atoms with Crippen LogP contribution in [0.2, 0.25) is 5.02 Å². The minimum Gasteiger partial charge on any atom is -0.478 e. The maximum absolute atomic E-state index is 13.6. The summed E-state index contributed by atoms with van der Waals surface area (Å²) in [5, 5.41) is 33.8. The predicted octanol–water partition coefficient (Wildman–Crippen LogP) is 0.526. The molecule has 0 saturated carbocycles. The molecule has 1 fully saturated rings. The average molecular weight is 457 g/mol. The van der Waals surface area contributed by atoms with Crippen LogP contribution in [0.5, 0.6) is 0 Å². The fourth-order valence-corrected chi connectivity index (χ4v) is 7.74. The molecule has 10 heteroatoms. The summed E-state index contributed by atoms with van der Waals surface area (Å²) < 4.78 is 27.1. The van der Waals surface area contributed by atoms with E-state index in [1.165, 1.54) is 6.08 Å². The maximum Gasteiger partial charge on any atom is 0.332 e. The fourth-order valence-electron chi connectivity index (χ4n) is 5.07. The van der Waals surface area contributed by atoms with E-state index >= 15 is 0 Å². The smallest absolute Gasteiger partial charge is 0.332 e. The summed E-state index contributed by atoms with van der Waals surface area (Å²) in [4.78, 5) is 12.1. The van der Waals surface area contributed by atoms with Gasteiger partial charge in [0.1, 0.15) is 0 Å². The Kier molecular flexibility index (Phi) is 5.71. The monoisotopic (exact) mass is 456 g/mol. The number of nitrogens with one attached hydrogen (secondary N) is 2. The van der Waals surface area contributed by atoms with Crippen LogP contribution in [0, 0.1) is 0 Å². The third kappa shape index (κ3) is 3.47. The number of fused-ring (bicyclic) bond motifs is 1. The van der Waals surface area contributed by atoms with E-state index in [4.69, 9.17) is 11.6 Å². The van der Waals surface area contributed by atoms with Crippen LogP contribution in [-0.4, -0.2) is 65.9 Å². The molecule has 4 rings (SSSR count). The van der Waals surface area contributed by atoms with Gasteiger partial charge in [-0.15, -0.1) is 0 Å². The van der Waals surface area contributed by atoms with Crippen molar-refractivity contribution >= 4 is 27.4 Å². The Hall–Kier alpha value is -1.49. The van der Waals surface area contributed by atoms with Crippen molar-refractivity contribution in [2.45, 2.75) is 53.9 Å². The van der Waals surface area contributed by atoms with E-state index in [1.54, 1.807) is 18.2 Å². The summed E-state index contributed by atoms with van der Waals surface area (Å²) in [6.07, 6.45) is 2.76. The van der Waals surface area contributed by atoms with Gasteiger partial charge in [0.05, 0.1) is 34.9 Å². The summed E-state index contributed by atoms with van der Waals surface area (Å²) in [6, 6.07) is 4.28. The van der Waals surface area contributed by atoms with Crippen LogP contribution in [0.3, 0.4) is 0 Å². The number of hydrogen-bond donors (Lipinski definition) is 5. The normalized spacial score (nSPS) is 30.3. The lowest BCUT2D eigenvalue weighted by atomic mass is 9.90. The summed E-state index contributed by atoms with van der Waals surface area (Å²) >= 11 is 6.23. The predicted molar refractivity (Wildman–Crippen MR) is 111 cm³/mol. The zero-order valence-electron chi connectivity index (χ0n) is 16.2. The number of carboxylic acid groups (broad SMARTS) is 1. The maximum atomic E-state index is 13.6. The van der Waals surface area contributed by atoms with Gasteiger partial charge in [0.15, 0.2) is 9.84 Å². The molecule has 8 nitrogen and oxygen atoms in total. The van der Waals surface area contributed by atoms with E-state index in [0.29, 0.717) is 29.8 Å². The summed E-state index contributed by atoms with van der Waals surface area (Å²) in [6.45, 7) is -0.477. The summed E-state index contributed by atoms with van der Waals surface area (Å²) in [7, 11) is -3.83. The number of sulfone groups is 1. The van der Waals surface area contributed by atoms with Crippen molar-refractivity contribution in [1.82, 2.24) is 10.6 Å². The lowest BCUT2D eigenvalue weighted by molar-refractivity contribution is -0.133. The van der Waals surface area contributed by atoms with Crippen molar-refractivity contribution in [3.63, 3.8) is 0 Å². The van der Waals surface area contributed by atoms with E-state index in [9.17, 15) is 28.5 Å². The van der Waals surface area contributed by atoms with Crippen LogP contribution in [0.25, 0.3) is 0 Å². The van der Waals surface area contributed by atoms with E-state index < -0.39 is 44.1 Å². The third-order valence-electron chi connectivity index (χ3n) is 6.51. The lowest BCUT2D eigenvalue weighted by Gasteiger charge is -2.36. The van der Waals surface area contributed by atoms with Crippen molar-refractivity contribution in [1.29, 1.82) is 0 Å². The van der Waals surface area contributed by atoms with E-state index in [2.05, 4.69) is 10.6 Å². The van der Waals surface area contributed by atoms with Gasteiger partial charge >= 0.3 is 5.97 Å². The first-order valence-corrected chi connectivity index (χ1v) is 11.9. The van der Waals surface area contributed by atoms with E-state index in [-0.39, 0.29) is 25.2 Å². The Bertz CT molecular complexity index is 983. The molecular weight excluding hydrogens is 432 g/mol. The van der Waals surface area contributed by atoms with Crippen LogP contribution in [0.4, 0.5) is 0 Å². The van der Waals surface area contributed by atoms with Gasteiger partial charge in [-0.25, -0.2) is 13.2 Å². The first kappa shape index (κ1) is 21.7. The molecule has 2 unspecified atom stereocenters. The van der Waals surface area contributed by atoms with Crippen molar-refractivity contribution in [3.05, 3.63) is 46.0 Å². The molecule has 0 aromatic heterocycles. The molecule has 1 spiro atoms. The van der Waals surface area contributed by atoms with Crippen LogP contribution in [0.1, 0.15) is 35.6 Å². The molecule has 164 valence electrons. The second kappa shape index (κ2) is 7.89. The average Bonchev–Trinajstić information content (AvgIpc) is 3.30. The molecule has 3 aliphatic rings. The van der Waals surface area contributed by atoms with Gasteiger partial charge in [0.25, 0.3) is 0 Å². The van der Waals surface area contributed by atoms with Crippen LogP contribution in [-0.2, 0) is 21.1 Å². The van der Waals surface area contributed by atoms with Gasteiger partial charge in [-0.2, -0.15) is 0 Å². The molecule has 2 aliphatic carbocycles. The van der Waals surface area contributed by atoms with Crippen LogP contribution >= 0.6 is 11.6 Å². The Labute approximate surface area is 179 Å². The Morgan fingerprint density at radius 2 is 1.80 bits per heavy atom. The number of benzene rings is 1. The largest absolute Gasteiger partial charge is 0.478 e. The van der Waals surface area contributed by atoms with Crippen molar-refractivity contribution in [2.24, 2.45) is 0 Å². The third-order valence-corrected chi connectivity index (χ3v) is 9.43. The molecule has 1 saturated heterocycles. The van der Waals surface area contributed by atoms with Crippen molar-refractivity contribution in [2.75, 3.05) is 13.2 Å². The molecule has 30 heavy (non-hydrogen) atoms. The number of aliphatic hydroxyl groups is 2. The van der Waals surface area contributed by atoms with Gasteiger partial charge in [-0.05, 0) is 49.0 Å². The second-order valence-corrected chi connectivity index (χ2v) is 10.9. The highest BCUT2D eigenvalue weighted by Crippen LogP contribution is 2.45. The molecule has 0 radical (unpaired) electrons. The van der Waals surface area contributed by atoms with Gasteiger partial charge in [0, 0.05) is 17.1 Å². The summed E-state index contributed by atoms with van der Waals surface area (Å²) in [5.74, 6) is -1.29. The lowest BCUT2D eigenvalue weighted by Crippen LogP contribution is -2.53. The zero-order chi connectivity index (χ0) is 21.7. The van der Waals surface area contributed by atoms with Gasteiger partial charge in [0.2, 0.25) is 0 Å². The fraction of sp³-hybridized carbons (Fsp3) is 0.550. The number of aliphatic hydroxyl groups excluding tert-OH is 2. The first-order chi connectivity index (χ1) is 14.2. The molecule has 5 N–H and O–H groups in total. The topological polar surface area (TPSA) is 136 Å². The SMILES string of the molecule is O=C(O)C1=CC2(CCC1S(=O)(=O)C1CCc3c(Cl)cccc31)N[C@@H](CO)[C@H](CO)N2. The number of hydrogen-bond acceptors (Lipinski definition) is 7. The quantitative estimate of drug-likeness (QED) is 0.433. The standard InChI is InChI=1S/C20H25ClN2O6S/c21-14-3-1-2-12-11(14)4-5-17(12)30(28,29)18-6-7-20(8-13(18)19(26)27)22-15(9-24)16(10-25)23-20/h1-3,8,15-18,22-25H,4-7,9-10H2,(H,26,27)/t15-,16-,17?,18?/m0/s1. The van der Waals surface area contributed by atoms with Crippen LogP contribution in [0.15, 0.2) is 29.8 Å². The highest BCUT2D eigenvalue weighted by Gasteiger charge is 2.50. The number of halogens is 1. The summed E-state index contributed by atoms with van der Waals surface area (Å²) in [5.41, 5.74) is 0.311. The zero-order valence-corrected chi connectivity index (χ0v) is 17.8. The Morgan fingerprint density at radius 3 is 2.40 bits per heavy atom. The molecule has 0 bridgehead atoms. The van der Waals surface area contributed by atoms with Gasteiger partial charge < -0.3 is 15.3 Å². The molecule has 4 atom stereocenters. The van der Waals surface area contributed by atoms with Gasteiger partial charge in [-0.3, -0.25) is 10.6 Å². The highest BCUT2D eigenvalue weighted by atomic mass is 35.5. The number of rotatable bonds is 5. The molecule has 1 aromatic rings. The highest BCUT2D eigenvalue weighted by molar-refractivity contribution is 7.92. The molecule has 1 aliphatic heterocycles. The number of carbonyl (C=O) groups is 1. The first-order valence-electron chi connectivity index (χ1n) is 9.95. The minimum atomic E-state index is -3.83. The molecular formula is C20H25ClN2O6S. The Morgan fingerprint density at radius 1 is 1.13 bits per heavy atom. The number of aliphatic carboxylic acids is 1. The Balaban J connectivity index is 1.69. The van der Waals surface area contributed by atoms with Crippen LogP contribution < -0.4 is 10.6 Å². The van der Waals surface area contributed by atoms with E-state index in [0.717, 1.165) is 5.56 Å². The second-order valence-electron chi connectivity index (χ2n) is 8.19.